The van der Waals surface area contributed by atoms with Gasteiger partial charge in [0, 0.05) is 24.5 Å². The lowest BCUT2D eigenvalue weighted by Gasteiger charge is -2.15. The van der Waals surface area contributed by atoms with Gasteiger partial charge in [0.25, 0.3) is 0 Å². The minimum Gasteiger partial charge on any atom is -0.353 e. The lowest BCUT2D eigenvalue weighted by Crippen LogP contribution is -2.34. The van der Waals surface area contributed by atoms with Gasteiger partial charge in [-0.1, -0.05) is 13.8 Å². The Morgan fingerprint density at radius 1 is 1.50 bits per heavy atom. The summed E-state index contributed by atoms with van der Waals surface area (Å²) in [6.07, 6.45) is 1.74. The van der Waals surface area contributed by atoms with E-state index in [9.17, 15) is 0 Å². The zero-order valence-corrected chi connectivity index (χ0v) is 8.99. The number of hydrogen-bond acceptors (Lipinski definition) is 4. The highest BCUT2D eigenvalue weighted by Crippen LogP contribution is 2.02. The predicted octanol–water partition coefficient (Wildman–Crippen LogP) is 1.18. The Kier molecular flexibility index (Phi) is 3.83. The Bertz CT molecular complexity index is 285. The van der Waals surface area contributed by atoms with Crippen molar-refractivity contribution < 1.29 is 0 Å². The molecule has 0 aliphatic rings. The number of hydrogen-bond donors (Lipinski definition) is 2. The first-order valence-electron chi connectivity index (χ1n) is 4.88. The van der Waals surface area contributed by atoms with Gasteiger partial charge in [0.15, 0.2) is 0 Å². The number of nitrogens with one attached hydrogen (secondary N) is 1. The maximum Gasteiger partial charge on any atom is 0.222 e. The maximum atomic E-state index is 5.88. The maximum absolute atomic E-state index is 5.88. The van der Waals surface area contributed by atoms with E-state index < -0.39 is 0 Å². The summed E-state index contributed by atoms with van der Waals surface area (Å²) < 4.78 is 0. The topological polar surface area (TPSA) is 63.8 Å². The van der Waals surface area contributed by atoms with Crippen LogP contribution in [0.2, 0.25) is 0 Å². The minimum atomic E-state index is 0.138. The van der Waals surface area contributed by atoms with Gasteiger partial charge in [-0.3, -0.25) is 0 Å². The third kappa shape index (κ3) is 3.30. The van der Waals surface area contributed by atoms with Gasteiger partial charge in [0.1, 0.15) is 0 Å². The zero-order chi connectivity index (χ0) is 10.6. The van der Waals surface area contributed by atoms with E-state index in [0.29, 0.717) is 18.4 Å². The number of aromatic nitrogens is 2. The van der Waals surface area contributed by atoms with Crippen molar-refractivity contribution in [1.29, 1.82) is 0 Å². The van der Waals surface area contributed by atoms with E-state index in [4.69, 9.17) is 5.73 Å². The lowest BCUT2D eigenvalue weighted by atomic mass is 10.1. The molecular weight excluding hydrogens is 176 g/mol. The molecule has 0 aliphatic carbocycles. The highest BCUT2D eigenvalue weighted by Gasteiger charge is 2.07. The van der Waals surface area contributed by atoms with Gasteiger partial charge in [-0.25, -0.2) is 9.97 Å². The van der Waals surface area contributed by atoms with Gasteiger partial charge in [-0.2, -0.15) is 0 Å². The van der Waals surface area contributed by atoms with Crippen LogP contribution in [0.1, 0.15) is 19.5 Å². The van der Waals surface area contributed by atoms with Crippen LogP contribution in [0.4, 0.5) is 5.95 Å². The normalized spacial score (nSPS) is 12.9. The molecule has 0 spiro atoms. The van der Waals surface area contributed by atoms with E-state index in [-0.39, 0.29) is 6.04 Å². The molecule has 1 heterocycles. The largest absolute Gasteiger partial charge is 0.353 e. The summed E-state index contributed by atoms with van der Waals surface area (Å²) in [5, 5.41) is 3.12. The average molecular weight is 194 g/mol. The predicted molar refractivity (Wildman–Crippen MR) is 58.1 cm³/mol. The molecular formula is C10H18N4. The van der Waals surface area contributed by atoms with Crippen LogP contribution >= 0.6 is 0 Å². The summed E-state index contributed by atoms with van der Waals surface area (Å²) in [5.41, 5.74) is 6.84. The van der Waals surface area contributed by atoms with Crippen molar-refractivity contribution in [2.24, 2.45) is 11.7 Å². The molecule has 1 rings (SSSR count). The number of nitrogens with zero attached hydrogens (tertiary/aromatic N) is 2. The summed E-state index contributed by atoms with van der Waals surface area (Å²) in [6.45, 7) is 6.85. The molecule has 1 unspecified atom stereocenters. The molecule has 78 valence electrons. The van der Waals surface area contributed by atoms with Crippen LogP contribution in [0.15, 0.2) is 12.3 Å². The van der Waals surface area contributed by atoms with Crippen molar-refractivity contribution in [3.05, 3.63) is 18.0 Å². The van der Waals surface area contributed by atoms with Crippen LogP contribution in [0, 0.1) is 12.8 Å². The van der Waals surface area contributed by atoms with Crippen LogP contribution < -0.4 is 11.1 Å². The van der Waals surface area contributed by atoms with Crippen LogP contribution in [0.5, 0.6) is 0 Å². The third-order valence-corrected chi connectivity index (χ3v) is 2.15. The summed E-state index contributed by atoms with van der Waals surface area (Å²) >= 11 is 0. The second-order valence-corrected chi connectivity index (χ2v) is 3.81. The van der Waals surface area contributed by atoms with Gasteiger partial charge in [-0.05, 0) is 18.9 Å². The molecule has 14 heavy (non-hydrogen) atoms. The van der Waals surface area contributed by atoms with E-state index in [1.165, 1.54) is 0 Å². The van der Waals surface area contributed by atoms with Crippen molar-refractivity contribution in [3.63, 3.8) is 0 Å². The first kappa shape index (κ1) is 10.9. The second kappa shape index (κ2) is 4.91. The van der Waals surface area contributed by atoms with Crippen molar-refractivity contribution >= 4 is 5.95 Å². The highest BCUT2D eigenvalue weighted by molar-refractivity contribution is 5.24. The van der Waals surface area contributed by atoms with E-state index in [0.717, 1.165) is 5.69 Å². The summed E-state index contributed by atoms with van der Waals surface area (Å²) in [5.74, 6) is 1.12. The van der Waals surface area contributed by atoms with Crippen molar-refractivity contribution in [3.8, 4) is 0 Å². The Labute approximate surface area is 85.0 Å². The highest BCUT2D eigenvalue weighted by atomic mass is 15.1. The third-order valence-electron chi connectivity index (χ3n) is 2.15. The van der Waals surface area contributed by atoms with Gasteiger partial charge < -0.3 is 11.1 Å². The Morgan fingerprint density at radius 2 is 2.21 bits per heavy atom. The van der Waals surface area contributed by atoms with E-state index in [1.54, 1.807) is 6.20 Å². The van der Waals surface area contributed by atoms with Gasteiger partial charge in [-0.15, -0.1) is 0 Å². The Morgan fingerprint density at radius 3 is 2.79 bits per heavy atom. The standard InChI is InChI=1S/C10H18N4/c1-7(2)9(11)6-13-10-12-5-4-8(3)14-10/h4-5,7,9H,6,11H2,1-3H3,(H,12,13,14). The smallest absolute Gasteiger partial charge is 0.222 e. The molecule has 4 heteroatoms. The fourth-order valence-corrected chi connectivity index (χ4v) is 0.979. The molecule has 4 nitrogen and oxygen atoms in total. The fraction of sp³-hybridized carbons (Fsp3) is 0.600. The van der Waals surface area contributed by atoms with Crippen LogP contribution in [0.3, 0.4) is 0 Å². The minimum absolute atomic E-state index is 0.138. The number of rotatable bonds is 4. The SMILES string of the molecule is Cc1ccnc(NCC(N)C(C)C)n1. The van der Waals surface area contributed by atoms with E-state index in [1.807, 2.05) is 13.0 Å². The van der Waals surface area contributed by atoms with Crippen molar-refractivity contribution in [2.75, 3.05) is 11.9 Å². The average Bonchev–Trinajstić information content (AvgIpc) is 2.14. The quantitative estimate of drug-likeness (QED) is 0.755. The Balaban J connectivity index is 2.45. The second-order valence-electron chi connectivity index (χ2n) is 3.81. The summed E-state index contributed by atoms with van der Waals surface area (Å²) in [4.78, 5) is 8.32. The molecule has 1 aromatic heterocycles. The molecule has 0 radical (unpaired) electrons. The molecule has 1 atom stereocenters. The molecule has 0 aromatic carbocycles. The first-order valence-corrected chi connectivity index (χ1v) is 4.88. The molecule has 0 amide bonds. The van der Waals surface area contributed by atoms with E-state index >= 15 is 0 Å². The summed E-state index contributed by atoms with van der Waals surface area (Å²) in [7, 11) is 0. The number of anilines is 1. The van der Waals surface area contributed by atoms with Crippen molar-refractivity contribution in [2.45, 2.75) is 26.8 Å². The molecule has 0 bridgehead atoms. The molecule has 1 aromatic rings. The lowest BCUT2D eigenvalue weighted by molar-refractivity contribution is 0.510. The van der Waals surface area contributed by atoms with Gasteiger partial charge in [0.05, 0.1) is 0 Å². The fourth-order valence-electron chi connectivity index (χ4n) is 0.979. The monoisotopic (exact) mass is 194 g/mol. The molecule has 0 saturated carbocycles. The Hall–Kier alpha value is -1.16. The van der Waals surface area contributed by atoms with Crippen LogP contribution in [-0.4, -0.2) is 22.6 Å². The van der Waals surface area contributed by atoms with Crippen molar-refractivity contribution in [1.82, 2.24) is 9.97 Å². The molecule has 3 N–H and O–H groups in total. The van der Waals surface area contributed by atoms with E-state index in [2.05, 4.69) is 29.1 Å². The van der Waals surface area contributed by atoms with Crippen LogP contribution in [-0.2, 0) is 0 Å². The molecule has 0 aliphatic heterocycles. The first-order chi connectivity index (χ1) is 6.59. The zero-order valence-electron chi connectivity index (χ0n) is 8.99. The van der Waals surface area contributed by atoms with Gasteiger partial charge >= 0.3 is 0 Å². The molecule has 0 saturated heterocycles. The number of aryl methyl sites for hydroxylation is 1. The molecule has 0 fully saturated rings. The summed E-state index contributed by atoms with van der Waals surface area (Å²) in [6, 6.07) is 2.01. The number of nitrogens with two attached hydrogens (primary N) is 1. The van der Waals surface area contributed by atoms with Crippen LogP contribution in [0.25, 0.3) is 0 Å². The van der Waals surface area contributed by atoms with Gasteiger partial charge in [0.2, 0.25) is 5.95 Å².